The van der Waals surface area contributed by atoms with Gasteiger partial charge in [0.15, 0.2) is 4.87 Å². The predicted molar refractivity (Wildman–Crippen MR) is 125 cm³/mol. The summed E-state index contributed by atoms with van der Waals surface area (Å²) < 4.78 is 0. The second-order valence-electron chi connectivity index (χ2n) is 7.84. The minimum absolute atomic E-state index is 0.0561. The van der Waals surface area contributed by atoms with Gasteiger partial charge in [0.1, 0.15) is 0 Å². The van der Waals surface area contributed by atoms with Crippen LogP contribution in [-0.2, 0) is 16.2 Å². The van der Waals surface area contributed by atoms with Crippen LogP contribution in [0.4, 0.5) is 16.2 Å². The number of nitrogens with one attached hydrogen (secondary N) is 1. The highest BCUT2D eigenvalue weighted by molar-refractivity contribution is 8.01. The molecular weight excluding hydrogens is 406 g/mol. The Morgan fingerprint density at radius 3 is 2.61 bits per heavy atom. The van der Waals surface area contributed by atoms with E-state index in [0.29, 0.717) is 18.8 Å². The van der Waals surface area contributed by atoms with E-state index in [9.17, 15) is 9.59 Å². The molecule has 3 aromatic rings. The molecule has 0 saturated carbocycles. The van der Waals surface area contributed by atoms with Gasteiger partial charge in [-0.3, -0.25) is 9.69 Å². The van der Waals surface area contributed by atoms with Gasteiger partial charge in [-0.1, -0.05) is 60.7 Å². The molecule has 2 aliphatic heterocycles. The summed E-state index contributed by atoms with van der Waals surface area (Å²) in [6.07, 6.45) is 0. The number of rotatable bonds is 3. The lowest BCUT2D eigenvalue weighted by Crippen LogP contribution is -2.51. The first-order valence-electron chi connectivity index (χ1n) is 10.3. The van der Waals surface area contributed by atoms with Gasteiger partial charge < -0.3 is 10.2 Å². The zero-order valence-corrected chi connectivity index (χ0v) is 18.1. The Labute approximate surface area is 186 Å². The number of hydrogen-bond acceptors (Lipinski definition) is 3. The number of anilines is 2. The average Bonchev–Trinajstić information content (AvgIpc) is 3.32. The highest BCUT2D eigenvalue weighted by Crippen LogP contribution is 2.54. The third kappa shape index (κ3) is 3.27. The van der Waals surface area contributed by atoms with E-state index >= 15 is 0 Å². The van der Waals surface area contributed by atoms with E-state index < -0.39 is 4.87 Å². The Kier molecular flexibility index (Phi) is 4.94. The van der Waals surface area contributed by atoms with Gasteiger partial charge in [0.05, 0.1) is 12.2 Å². The van der Waals surface area contributed by atoms with Crippen LogP contribution in [0.1, 0.15) is 16.7 Å². The summed E-state index contributed by atoms with van der Waals surface area (Å²) >= 11 is 1.54. The van der Waals surface area contributed by atoms with Crippen molar-refractivity contribution in [2.24, 2.45) is 0 Å². The third-order valence-electron chi connectivity index (χ3n) is 5.80. The number of urea groups is 1. The van der Waals surface area contributed by atoms with Crippen molar-refractivity contribution in [3.8, 4) is 0 Å². The SMILES string of the molecule is Cc1cccc(NC(=O)N2CCS[C@]23C(=O)N(Cc2ccccc2)c2ccccc23)c1. The second-order valence-corrected chi connectivity index (χ2v) is 9.13. The molecule has 0 aromatic heterocycles. The quantitative estimate of drug-likeness (QED) is 0.639. The Hall–Kier alpha value is -3.25. The zero-order valence-electron chi connectivity index (χ0n) is 17.2. The van der Waals surface area contributed by atoms with Crippen molar-refractivity contribution in [1.29, 1.82) is 0 Å². The van der Waals surface area contributed by atoms with E-state index in [2.05, 4.69) is 5.32 Å². The van der Waals surface area contributed by atoms with Gasteiger partial charge >= 0.3 is 6.03 Å². The average molecular weight is 430 g/mol. The summed E-state index contributed by atoms with van der Waals surface area (Å²) in [4.78, 5) is 29.7. The number of amides is 3. The normalized spacial score (nSPS) is 19.7. The molecule has 0 unspecified atom stereocenters. The molecule has 31 heavy (non-hydrogen) atoms. The first-order chi connectivity index (χ1) is 15.1. The highest BCUT2D eigenvalue weighted by Gasteiger charge is 2.59. The second kappa shape index (κ2) is 7.78. The van der Waals surface area contributed by atoms with E-state index in [1.807, 2.05) is 90.7 Å². The summed E-state index contributed by atoms with van der Waals surface area (Å²) in [6, 6.07) is 25.2. The number of benzene rings is 3. The molecule has 6 heteroatoms. The van der Waals surface area contributed by atoms with Gasteiger partial charge in [-0.15, -0.1) is 11.8 Å². The molecule has 0 radical (unpaired) electrons. The Balaban J connectivity index is 1.51. The van der Waals surface area contributed by atoms with Crippen LogP contribution < -0.4 is 10.2 Å². The lowest BCUT2D eigenvalue weighted by atomic mass is 10.1. The van der Waals surface area contributed by atoms with E-state index in [1.165, 1.54) is 0 Å². The van der Waals surface area contributed by atoms with Crippen LogP contribution in [0.2, 0.25) is 0 Å². The fourth-order valence-corrected chi connectivity index (χ4v) is 5.87. The van der Waals surface area contributed by atoms with Crippen molar-refractivity contribution in [2.75, 3.05) is 22.5 Å². The molecule has 1 atom stereocenters. The molecule has 0 bridgehead atoms. The number of fused-ring (bicyclic) bond motifs is 2. The van der Waals surface area contributed by atoms with Gasteiger partial charge in [0, 0.05) is 23.5 Å². The number of para-hydroxylation sites is 1. The zero-order chi connectivity index (χ0) is 21.4. The number of carbonyl (C=O) groups excluding carboxylic acids is 2. The number of hydrogen-bond donors (Lipinski definition) is 1. The molecule has 1 saturated heterocycles. The van der Waals surface area contributed by atoms with Crippen LogP contribution in [0.25, 0.3) is 0 Å². The predicted octanol–water partition coefficient (Wildman–Crippen LogP) is 4.98. The van der Waals surface area contributed by atoms with E-state index in [4.69, 9.17) is 0 Å². The molecule has 2 aliphatic rings. The number of carbonyl (C=O) groups is 2. The van der Waals surface area contributed by atoms with Gasteiger partial charge in [-0.2, -0.15) is 0 Å². The van der Waals surface area contributed by atoms with E-state index in [-0.39, 0.29) is 11.9 Å². The largest absolute Gasteiger partial charge is 0.323 e. The fraction of sp³-hybridized carbons (Fsp3) is 0.200. The number of aryl methyl sites for hydroxylation is 1. The maximum Gasteiger partial charge on any atom is 0.323 e. The number of thioether (sulfide) groups is 1. The maximum absolute atomic E-state index is 13.9. The molecule has 2 heterocycles. The molecule has 156 valence electrons. The van der Waals surface area contributed by atoms with Crippen molar-refractivity contribution in [1.82, 2.24) is 4.90 Å². The Morgan fingerprint density at radius 1 is 1.03 bits per heavy atom. The molecule has 1 N–H and O–H groups in total. The molecule has 0 aliphatic carbocycles. The first-order valence-corrected chi connectivity index (χ1v) is 11.3. The summed E-state index contributed by atoms with van der Waals surface area (Å²) in [5.41, 5.74) is 4.62. The van der Waals surface area contributed by atoms with Crippen LogP contribution in [0.5, 0.6) is 0 Å². The summed E-state index contributed by atoms with van der Waals surface area (Å²) in [7, 11) is 0. The summed E-state index contributed by atoms with van der Waals surface area (Å²) in [5, 5.41) is 2.99. The van der Waals surface area contributed by atoms with Gasteiger partial charge in [-0.05, 0) is 36.2 Å². The van der Waals surface area contributed by atoms with E-state index in [0.717, 1.165) is 28.1 Å². The van der Waals surface area contributed by atoms with E-state index in [1.54, 1.807) is 16.7 Å². The lowest BCUT2D eigenvalue weighted by molar-refractivity contribution is -0.123. The third-order valence-corrected chi connectivity index (χ3v) is 7.22. The van der Waals surface area contributed by atoms with Crippen LogP contribution in [-0.4, -0.2) is 29.1 Å². The summed E-state index contributed by atoms with van der Waals surface area (Å²) in [5.74, 6) is 0.653. The monoisotopic (exact) mass is 429 g/mol. The van der Waals surface area contributed by atoms with Crippen molar-refractivity contribution in [2.45, 2.75) is 18.3 Å². The van der Waals surface area contributed by atoms with Crippen molar-refractivity contribution in [3.63, 3.8) is 0 Å². The highest BCUT2D eigenvalue weighted by atomic mass is 32.2. The van der Waals surface area contributed by atoms with Crippen LogP contribution >= 0.6 is 11.8 Å². The minimum Gasteiger partial charge on any atom is -0.308 e. The van der Waals surface area contributed by atoms with Crippen LogP contribution in [0.15, 0.2) is 78.9 Å². The molecule has 3 aromatic carbocycles. The van der Waals surface area contributed by atoms with Crippen molar-refractivity contribution < 1.29 is 9.59 Å². The number of nitrogens with zero attached hydrogens (tertiary/aromatic N) is 2. The minimum atomic E-state index is -1.03. The Bertz CT molecular complexity index is 1150. The van der Waals surface area contributed by atoms with Crippen LogP contribution in [0.3, 0.4) is 0 Å². The lowest BCUT2D eigenvalue weighted by Gasteiger charge is -2.33. The Morgan fingerprint density at radius 2 is 1.81 bits per heavy atom. The first kappa shape index (κ1) is 19.7. The summed E-state index contributed by atoms with van der Waals surface area (Å²) in [6.45, 7) is 2.98. The van der Waals surface area contributed by atoms with Crippen molar-refractivity contribution >= 4 is 35.1 Å². The van der Waals surface area contributed by atoms with Gasteiger partial charge in [0.2, 0.25) is 0 Å². The maximum atomic E-state index is 13.9. The molecule has 1 fully saturated rings. The van der Waals surface area contributed by atoms with Crippen LogP contribution in [0, 0.1) is 6.92 Å². The van der Waals surface area contributed by atoms with Gasteiger partial charge in [-0.25, -0.2) is 4.79 Å². The fourth-order valence-electron chi connectivity index (χ4n) is 4.40. The molecule has 1 spiro atoms. The molecule has 5 rings (SSSR count). The smallest absolute Gasteiger partial charge is 0.308 e. The molecule has 5 nitrogen and oxygen atoms in total. The topological polar surface area (TPSA) is 52.7 Å². The standard InChI is InChI=1S/C25H23N3O2S/c1-18-8-7-11-20(16-18)26-24(30)28-14-15-31-25(28)21-12-5-6-13-22(21)27(23(25)29)17-19-9-3-2-4-10-19/h2-13,16H,14-15,17H2,1H3,(H,26,30)/t25-/m1/s1. The van der Waals surface area contributed by atoms with Crippen molar-refractivity contribution in [3.05, 3.63) is 95.6 Å². The molecule has 3 amide bonds. The molecular formula is C25H23N3O2S. The van der Waals surface area contributed by atoms with Gasteiger partial charge in [0.25, 0.3) is 5.91 Å².